The van der Waals surface area contributed by atoms with Gasteiger partial charge in [0.15, 0.2) is 0 Å². The van der Waals surface area contributed by atoms with Crippen LogP contribution in [0.1, 0.15) is 42.0 Å². The molecule has 36 heavy (non-hydrogen) atoms. The lowest BCUT2D eigenvalue weighted by molar-refractivity contribution is -0.122. The molecule has 1 atom stereocenters. The van der Waals surface area contributed by atoms with Gasteiger partial charge in [-0.05, 0) is 61.4 Å². The van der Waals surface area contributed by atoms with Crippen molar-refractivity contribution in [3.63, 3.8) is 0 Å². The number of anilines is 1. The number of nitriles is 1. The number of methoxy groups -OCH3 is 1. The van der Waals surface area contributed by atoms with E-state index in [9.17, 15) is 14.9 Å². The molecule has 1 unspecified atom stereocenters. The van der Waals surface area contributed by atoms with Gasteiger partial charge >= 0.3 is 0 Å². The molecule has 2 aliphatic heterocycles. The Bertz CT molecular complexity index is 1320. The summed E-state index contributed by atoms with van der Waals surface area (Å²) < 4.78 is 7.28. The maximum Gasteiger partial charge on any atom is 0.270 e. The average Bonchev–Trinajstić information content (AvgIpc) is 3.13. The topological polar surface area (TPSA) is 78.6 Å². The minimum atomic E-state index is -0.313. The van der Waals surface area contributed by atoms with Crippen LogP contribution in [0.15, 0.2) is 34.0 Å². The fraction of sp³-hybridized carbons (Fsp3) is 0.407. The number of carbonyl (C=O) groups excluding carboxylic acids is 1. The van der Waals surface area contributed by atoms with Crippen LogP contribution in [0.5, 0.6) is 5.75 Å². The van der Waals surface area contributed by atoms with Crippen LogP contribution >= 0.6 is 24.0 Å². The number of hydrogen-bond acceptors (Lipinski definition) is 7. The Hall–Kier alpha value is -3.09. The lowest BCUT2D eigenvalue weighted by atomic mass is 9.98. The number of thiocarbonyl (C=S) groups is 1. The van der Waals surface area contributed by atoms with E-state index in [0.29, 0.717) is 33.7 Å². The predicted octanol–water partition coefficient (Wildman–Crippen LogP) is 4.25. The number of benzene rings is 1. The molecule has 1 amide bonds. The molecule has 9 heteroatoms. The van der Waals surface area contributed by atoms with Crippen LogP contribution in [0.4, 0.5) is 5.82 Å². The van der Waals surface area contributed by atoms with Crippen LogP contribution in [0.25, 0.3) is 6.08 Å². The summed E-state index contributed by atoms with van der Waals surface area (Å²) in [4.78, 5) is 30.7. The van der Waals surface area contributed by atoms with Gasteiger partial charge in [-0.2, -0.15) is 5.26 Å². The summed E-state index contributed by atoms with van der Waals surface area (Å²) >= 11 is 6.82. The predicted molar refractivity (Wildman–Crippen MR) is 148 cm³/mol. The van der Waals surface area contributed by atoms with E-state index in [1.54, 1.807) is 30.5 Å². The number of amides is 1. The minimum Gasteiger partial charge on any atom is -0.497 e. The van der Waals surface area contributed by atoms with Crippen molar-refractivity contribution in [1.29, 1.82) is 5.26 Å². The highest BCUT2D eigenvalue weighted by atomic mass is 32.2. The smallest absolute Gasteiger partial charge is 0.270 e. The molecule has 0 bridgehead atoms. The first kappa shape index (κ1) is 26.0. The van der Waals surface area contributed by atoms with Crippen molar-refractivity contribution in [2.24, 2.45) is 13.0 Å². The molecule has 1 aromatic carbocycles. The SMILES string of the molecule is COc1ccc(CCN2C(=O)/C(=C/c3c(C)c(C#N)c(=O)n(C)c3N3CCCC(C)C3)SC2=S)cc1. The number of pyridine rings is 1. The highest BCUT2D eigenvalue weighted by molar-refractivity contribution is 8.26. The number of rotatable bonds is 6. The molecule has 188 valence electrons. The van der Waals surface area contributed by atoms with Gasteiger partial charge < -0.3 is 9.64 Å². The Labute approximate surface area is 221 Å². The minimum absolute atomic E-state index is 0.104. The van der Waals surface area contributed by atoms with Crippen LogP contribution < -0.4 is 15.2 Å². The van der Waals surface area contributed by atoms with E-state index in [0.717, 1.165) is 48.6 Å². The highest BCUT2D eigenvalue weighted by Gasteiger charge is 2.33. The Morgan fingerprint density at radius 2 is 2.00 bits per heavy atom. The van der Waals surface area contributed by atoms with Crippen molar-refractivity contribution in [1.82, 2.24) is 9.47 Å². The molecular formula is C27H30N4O3S2. The molecule has 2 fully saturated rings. The molecule has 2 saturated heterocycles. The zero-order valence-electron chi connectivity index (χ0n) is 21.0. The normalized spacial score (nSPS) is 19.2. The number of nitrogens with zero attached hydrogens (tertiary/aromatic N) is 4. The molecule has 0 N–H and O–H groups in total. The van der Waals surface area contributed by atoms with Crippen LogP contribution in [0.3, 0.4) is 0 Å². The van der Waals surface area contributed by atoms with Gasteiger partial charge in [0.1, 0.15) is 27.5 Å². The van der Waals surface area contributed by atoms with Crippen LogP contribution in [-0.4, -0.2) is 46.4 Å². The highest BCUT2D eigenvalue weighted by Crippen LogP contribution is 2.36. The summed E-state index contributed by atoms with van der Waals surface area (Å²) in [6, 6.07) is 9.83. The van der Waals surface area contributed by atoms with E-state index in [-0.39, 0.29) is 17.0 Å². The lowest BCUT2D eigenvalue weighted by Crippen LogP contribution is -2.39. The standard InChI is InChI=1S/C27H30N4O3S2/c1-17-6-5-12-30(16-17)24-21(18(2)22(15-28)25(32)29(24)3)14-23-26(33)31(27(35)36-23)13-11-19-7-9-20(34-4)10-8-19/h7-10,14,17H,5-6,11-13,16H2,1-4H3/b23-14-. The number of carbonyl (C=O) groups is 1. The number of ether oxygens (including phenoxy) is 1. The van der Waals surface area contributed by atoms with Crippen molar-refractivity contribution in [3.05, 3.63) is 61.8 Å². The van der Waals surface area contributed by atoms with Crippen molar-refractivity contribution >= 4 is 46.1 Å². The summed E-state index contributed by atoms with van der Waals surface area (Å²) in [5.41, 5.74) is 2.21. The van der Waals surface area contributed by atoms with Crippen LogP contribution in [0.2, 0.25) is 0 Å². The van der Waals surface area contributed by atoms with E-state index in [1.165, 1.54) is 11.8 Å². The number of aromatic nitrogens is 1. The zero-order valence-corrected chi connectivity index (χ0v) is 22.7. The van der Waals surface area contributed by atoms with Gasteiger partial charge in [-0.3, -0.25) is 19.1 Å². The van der Waals surface area contributed by atoms with E-state index in [1.807, 2.05) is 30.3 Å². The van der Waals surface area contributed by atoms with E-state index < -0.39 is 0 Å². The van der Waals surface area contributed by atoms with Crippen molar-refractivity contribution in [3.8, 4) is 11.8 Å². The summed E-state index contributed by atoms with van der Waals surface area (Å²) in [7, 11) is 3.33. The van der Waals surface area contributed by atoms with Crippen LogP contribution in [0, 0.1) is 24.2 Å². The molecule has 3 heterocycles. The third-order valence-electron chi connectivity index (χ3n) is 6.86. The van der Waals surface area contributed by atoms with Gasteiger partial charge in [-0.1, -0.05) is 43.0 Å². The maximum absolute atomic E-state index is 13.4. The van der Waals surface area contributed by atoms with Crippen molar-refractivity contribution < 1.29 is 9.53 Å². The van der Waals surface area contributed by atoms with E-state index in [2.05, 4.69) is 17.9 Å². The van der Waals surface area contributed by atoms with Gasteiger partial charge in [0.05, 0.1) is 12.0 Å². The number of piperidine rings is 1. The van der Waals surface area contributed by atoms with Gasteiger partial charge in [0.25, 0.3) is 11.5 Å². The second kappa shape index (κ2) is 10.9. The lowest BCUT2D eigenvalue weighted by Gasteiger charge is -2.35. The second-order valence-corrected chi connectivity index (χ2v) is 11.0. The Kier molecular flexibility index (Phi) is 7.86. The monoisotopic (exact) mass is 522 g/mol. The molecular weight excluding hydrogens is 492 g/mol. The van der Waals surface area contributed by atoms with Crippen LogP contribution in [-0.2, 0) is 18.3 Å². The van der Waals surface area contributed by atoms with Crippen molar-refractivity contribution in [2.45, 2.75) is 33.1 Å². The van der Waals surface area contributed by atoms with Gasteiger partial charge in [-0.25, -0.2) is 0 Å². The summed E-state index contributed by atoms with van der Waals surface area (Å²) in [5, 5.41) is 9.69. The molecule has 0 spiro atoms. The maximum atomic E-state index is 13.4. The summed E-state index contributed by atoms with van der Waals surface area (Å²) in [5.74, 6) is 1.89. The third-order valence-corrected chi connectivity index (χ3v) is 8.23. The van der Waals surface area contributed by atoms with Gasteiger partial charge in [0.2, 0.25) is 0 Å². The Balaban J connectivity index is 1.67. The Morgan fingerprint density at radius 3 is 2.64 bits per heavy atom. The van der Waals surface area contributed by atoms with Gasteiger partial charge in [-0.15, -0.1) is 0 Å². The molecule has 4 rings (SSSR count). The third kappa shape index (κ3) is 5.06. The first-order valence-corrected chi connectivity index (χ1v) is 13.2. The zero-order chi connectivity index (χ0) is 26.0. The Morgan fingerprint density at radius 1 is 1.28 bits per heavy atom. The molecule has 1 aromatic heterocycles. The molecule has 2 aliphatic rings. The van der Waals surface area contributed by atoms with E-state index >= 15 is 0 Å². The largest absolute Gasteiger partial charge is 0.497 e. The van der Waals surface area contributed by atoms with Crippen molar-refractivity contribution in [2.75, 3.05) is 31.6 Å². The first-order valence-electron chi connectivity index (χ1n) is 12.0. The molecule has 0 saturated carbocycles. The quantitative estimate of drug-likeness (QED) is 0.414. The molecule has 2 aromatic rings. The molecule has 0 radical (unpaired) electrons. The second-order valence-electron chi connectivity index (χ2n) is 9.34. The fourth-order valence-corrected chi connectivity index (χ4v) is 6.12. The first-order chi connectivity index (χ1) is 17.2. The molecule has 0 aliphatic carbocycles. The summed E-state index contributed by atoms with van der Waals surface area (Å²) in [6.07, 6.45) is 4.65. The number of hydrogen-bond donors (Lipinski definition) is 0. The fourth-order valence-electron chi connectivity index (χ4n) is 4.83. The number of thioether (sulfide) groups is 1. The average molecular weight is 523 g/mol. The molecule has 7 nitrogen and oxygen atoms in total. The van der Waals surface area contributed by atoms with E-state index in [4.69, 9.17) is 17.0 Å². The summed E-state index contributed by atoms with van der Waals surface area (Å²) in [6.45, 7) is 6.11. The van der Waals surface area contributed by atoms with Gasteiger partial charge in [0, 0.05) is 32.2 Å².